The Balaban J connectivity index is 1.75. The van der Waals surface area contributed by atoms with Gasteiger partial charge in [0.25, 0.3) is 0 Å². The summed E-state index contributed by atoms with van der Waals surface area (Å²) in [5, 5.41) is 12.8. The van der Waals surface area contributed by atoms with Crippen molar-refractivity contribution in [2.45, 2.75) is 34.2 Å². The third kappa shape index (κ3) is 4.66. The van der Waals surface area contributed by atoms with Crippen LogP contribution in [0.15, 0.2) is 36.4 Å². The predicted octanol–water partition coefficient (Wildman–Crippen LogP) is 6.28. The third-order valence-electron chi connectivity index (χ3n) is 4.57. The van der Waals surface area contributed by atoms with Crippen molar-refractivity contribution in [1.29, 1.82) is 0 Å². The zero-order chi connectivity index (χ0) is 20.4. The van der Waals surface area contributed by atoms with E-state index in [0.29, 0.717) is 21.7 Å². The maximum Gasteiger partial charge on any atom is 0.175 e. The quantitative estimate of drug-likeness (QED) is 0.475. The summed E-state index contributed by atoms with van der Waals surface area (Å²) in [5.74, 6) is 0. The maximum atomic E-state index is 6.13. The van der Waals surface area contributed by atoms with Crippen LogP contribution in [-0.4, -0.2) is 14.9 Å². The molecule has 1 aromatic heterocycles. The van der Waals surface area contributed by atoms with Gasteiger partial charge < -0.3 is 10.6 Å². The van der Waals surface area contributed by atoms with Gasteiger partial charge >= 0.3 is 0 Å². The van der Waals surface area contributed by atoms with Crippen molar-refractivity contribution < 1.29 is 0 Å². The van der Waals surface area contributed by atoms with Crippen LogP contribution in [0, 0.1) is 27.7 Å². The highest BCUT2D eigenvalue weighted by molar-refractivity contribution is 7.80. The van der Waals surface area contributed by atoms with E-state index in [0.717, 1.165) is 33.9 Å². The first kappa shape index (κ1) is 20.6. The molecule has 3 aromatic rings. The number of rotatable bonds is 4. The van der Waals surface area contributed by atoms with Crippen molar-refractivity contribution in [3.63, 3.8) is 0 Å². The molecule has 0 aliphatic carbocycles. The standard InChI is InChI=1S/C21H22Cl2N4S/c1-12-5-8-19(13(2)9-12)24-21(28)25-20-14(3)26-27(15(20)4)11-16-6-7-17(22)18(23)10-16/h5-10H,11H2,1-4H3,(H2,24,25,28). The number of aromatic nitrogens is 2. The summed E-state index contributed by atoms with van der Waals surface area (Å²) in [6.45, 7) is 8.70. The molecule has 0 amide bonds. The predicted molar refractivity (Wildman–Crippen MR) is 123 cm³/mol. The van der Waals surface area contributed by atoms with E-state index in [1.54, 1.807) is 6.07 Å². The normalized spacial score (nSPS) is 10.8. The highest BCUT2D eigenvalue weighted by atomic mass is 35.5. The Bertz CT molecular complexity index is 1040. The summed E-state index contributed by atoms with van der Waals surface area (Å²) in [4.78, 5) is 0. The van der Waals surface area contributed by atoms with Gasteiger partial charge in [-0.3, -0.25) is 4.68 Å². The Morgan fingerprint density at radius 2 is 1.75 bits per heavy atom. The van der Waals surface area contributed by atoms with E-state index in [-0.39, 0.29) is 0 Å². The molecule has 0 aliphatic heterocycles. The van der Waals surface area contributed by atoms with E-state index in [2.05, 4.69) is 41.7 Å². The van der Waals surface area contributed by atoms with Crippen molar-refractivity contribution in [3.05, 3.63) is 74.5 Å². The smallest absolute Gasteiger partial charge is 0.175 e. The molecule has 2 aromatic carbocycles. The van der Waals surface area contributed by atoms with E-state index >= 15 is 0 Å². The number of nitrogens with one attached hydrogen (secondary N) is 2. The minimum Gasteiger partial charge on any atom is -0.332 e. The van der Waals surface area contributed by atoms with Crippen LogP contribution < -0.4 is 10.6 Å². The number of halogens is 2. The summed E-state index contributed by atoms with van der Waals surface area (Å²) in [7, 11) is 0. The molecule has 1 heterocycles. The topological polar surface area (TPSA) is 41.9 Å². The van der Waals surface area contributed by atoms with Gasteiger partial charge in [0.1, 0.15) is 0 Å². The molecule has 0 radical (unpaired) electrons. The summed E-state index contributed by atoms with van der Waals surface area (Å²) in [6, 6.07) is 11.8. The molecule has 2 N–H and O–H groups in total. The molecule has 4 nitrogen and oxygen atoms in total. The molecule has 0 bridgehead atoms. The van der Waals surface area contributed by atoms with Crippen LogP contribution in [0.1, 0.15) is 28.1 Å². The van der Waals surface area contributed by atoms with Gasteiger partial charge in [0.15, 0.2) is 5.11 Å². The Morgan fingerprint density at radius 1 is 1.00 bits per heavy atom. The molecule has 0 atom stereocenters. The van der Waals surface area contributed by atoms with Gasteiger partial charge in [0.2, 0.25) is 0 Å². The van der Waals surface area contributed by atoms with Crippen molar-refractivity contribution in [3.8, 4) is 0 Å². The van der Waals surface area contributed by atoms with E-state index in [1.165, 1.54) is 5.56 Å². The molecule has 0 aliphatic rings. The van der Waals surface area contributed by atoms with Gasteiger partial charge in [0.05, 0.1) is 33.7 Å². The second-order valence-corrected chi connectivity index (χ2v) is 8.07. The Hall–Kier alpha value is -2.08. The minimum absolute atomic E-state index is 0.534. The Morgan fingerprint density at radius 3 is 2.43 bits per heavy atom. The lowest BCUT2D eigenvalue weighted by Gasteiger charge is -2.13. The lowest BCUT2D eigenvalue weighted by molar-refractivity contribution is 0.659. The third-order valence-corrected chi connectivity index (χ3v) is 5.51. The minimum atomic E-state index is 0.534. The largest absolute Gasteiger partial charge is 0.332 e. The van der Waals surface area contributed by atoms with E-state index in [9.17, 15) is 0 Å². The van der Waals surface area contributed by atoms with Crippen molar-refractivity contribution in [2.75, 3.05) is 10.6 Å². The number of thiocarbonyl (C=S) groups is 1. The fourth-order valence-corrected chi connectivity index (χ4v) is 3.60. The van der Waals surface area contributed by atoms with Crippen molar-refractivity contribution >= 4 is 51.9 Å². The second-order valence-electron chi connectivity index (χ2n) is 6.85. The van der Waals surface area contributed by atoms with Gasteiger partial charge in [-0.15, -0.1) is 0 Å². The molecule has 3 rings (SSSR count). The average molecular weight is 433 g/mol. The van der Waals surface area contributed by atoms with Gasteiger partial charge in [-0.25, -0.2) is 0 Å². The molecular weight excluding hydrogens is 411 g/mol. The molecule has 0 unspecified atom stereocenters. The zero-order valence-electron chi connectivity index (χ0n) is 16.2. The first-order valence-electron chi connectivity index (χ1n) is 8.88. The van der Waals surface area contributed by atoms with Crippen molar-refractivity contribution in [2.24, 2.45) is 0 Å². The maximum absolute atomic E-state index is 6.13. The molecule has 28 heavy (non-hydrogen) atoms. The summed E-state index contributed by atoms with van der Waals surface area (Å²) >= 11 is 17.6. The number of aryl methyl sites for hydroxylation is 3. The Labute approximate surface area is 180 Å². The van der Waals surface area contributed by atoms with Gasteiger partial charge in [-0.1, -0.05) is 47.0 Å². The molecule has 0 saturated carbocycles. The van der Waals surface area contributed by atoms with Crippen LogP contribution in [0.25, 0.3) is 0 Å². The first-order chi connectivity index (χ1) is 13.2. The van der Waals surface area contributed by atoms with Crippen LogP contribution in [0.2, 0.25) is 10.0 Å². The lowest BCUT2D eigenvalue weighted by atomic mass is 10.1. The highest BCUT2D eigenvalue weighted by Gasteiger charge is 2.14. The number of hydrogen-bond donors (Lipinski definition) is 2. The number of nitrogens with zero attached hydrogens (tertiary/aromatic N) is 2. The fraction of sp³-hybridized carbons (Fsp3) is 0.238. The van der Waals surface area contributed by atoms with E-state index in [4.69, 9.17) is 35.4 Å². The van der Waals surface area contributed by atoms with Crippen LogP contribution in [0.3, 0.4) is 0 Å². The number of benzene rings is 2. The molecule has 146 valence electrons. The number of hydrogen-bond acceptors (Lipinski definition) is 2. The molecule has 0 fully saturated rings. The van der Waals surface area contributed by atoms with E-state index in [1.807, 2.05) is 36.7 Å². The van der Waals surface area contributed by atoms with Gasteiger partial charge in [0, 0.05) is 5.69 Å². The van der Waals surface area contributed by atoms with Crippen LogP contribution >= 0.6 is 35.4 Å². The average Bonchev–Trinajstić information content (AvgIpc) is 2.88. The second kappa shape index (κ2) is 8.52. The van der Waals surface area contributed by atoms with Gasteiger partial charge in [-0.2, -0.15) is 5.10 Å². The van der Waals surface area contributed by atoms with Crippen LogP contribution in [0.4, 0.5) is 11.4 Å². The molecule has 0 spiro atoms. The zero-order valence-corrected chi connectivity index (χ0v) is 18.6. The summed E-state index contributed by atoms with van der Waals surface area (Å²) in [5.41, 5.74) is 7.16. The molecule has 0 saturated heterocycles. The lowest BCUT2D eigenvalue weighted by Crippen LogP contribution is -2.20. The van der Waals surface area contributed by atoms with Crippen molar-refractivity contribution in [1.82, 2.24) is 9.78 Å². The first-order valence-corrected chi connectivity index (χ1v) is 10.0. The van der Waals surface area contributed by atoms with Gasteiger partial charge in [-0.05, 0) is 69.2 Å². The Kier molecular flexibility index (Phi) is 6.28. The summed E-state index contributed by atoms with van der Waals surface area (Å²) < 4.78 is 1.93. The fourth-order valence-electron chi connectivity index (χ4n) is 3.06. The SMILES string of the molecule is Cc1ccc(NC(=S)Nc2c(C)nn(Cc3ccc(Cl)c(Cl)c3)c2C)c(C)c1. The van der Waals surface area contributed by atoms with Crippen LogP contribution in [0.5, 0.6) is 0 Å². The van der Waals surface area contributed by atoms with E-state index < -0.39 is 0 Å². The molecular formula is C21H22Cl2N4S. The van der Waals surface area contributed by atoms with Crippen LogP contribution in [-0.2, 0) is 6.54 Å². The number of anilines is 2. The molecule has 7 heteroatoms. The monoisotopic (exact) mass is 432 g/mol. The highest BCUT2D eigenvalue weighted by Crippen LogP contribution is 2.25. The summed E-state index contributed by atoms with van der Waals surface area (Å²) in [6.07, 6.45) is 0.